The van der Waals surface area contributed by atoms with Crippen molar-refractivity contribution in [3.05, 3.63) is 11.7 Å². The monoisotopic (exact) mass is 281 g/mol. The summed E-state index contributed by atoms with van der Waals surface area (Å²) in [5.41, 5.74) is 0. The van der Waals surface area contributed by atoms with Gasteiger partial charge in [-0.25, -0.2) is 0 Å². The van der Waals surface area contributed by atoms with E-state index >= 15 is 0 Å². The Balaban J connectivity index is 1.94. The third-order valence-electron chi connectivity index (χ3n) is 3.86. The molecule has 2 unspecified atom stereocenters. The third-order valence-corrected chi connectivity index (χ3v) is 3.86. The van der Waals surface area contributed by atoms with Crippen LogP contribution >= 0.6 is 0 Å². The molecule has 1 saturated heterocycles. The molecule has 1 N–H and O–H groups in total. The van der Waals surface area contributed by atoms with Crippen LogP contribution in [0.3, 0.4) is 0 Å². The van der Waals surface area contributed by atoms with E-state index < -0.39 is 0 Å². The van der Waals surface area contributed by atoms with Gasteiger partial charge in [-0.15, -0.1) is 0 Å². The van der Waals surface area contributed by atoms with Crippen LogP contribution in [0, 0.1) is 0 Å². The zero-order chi connectivity index (χ0) is 14.5. The number of nitrogens with one attached hydrogen (secondary N) is 1. The lowest BCUT2D eigenvalue weighted by molar-refractivity contribution is 0.108. The quantitative estimate of drug-likeness (QED) is 0.837. The summed E-state index contributed by atoms with van der Waals surface area (Å²) in [5, 5.41) is 7.61. The van der Waals surface area contributed by atoms with Gasteiger partial charge < -0.3 is 14.7 Å². The van der Waals surface area contributed by atoms with E-state index in [2.05, 4.69) is 53.2 Å². The highest BCUT2D eigenvalue weighted by Gasteiger charge is 2.28. The average Bonchev–Trinajstić information content (AvgIpc) is 2.87. The Morgan fingerprint density at radius 3 is 2.95 bits per heavy atom. The minimum absolute atomic E-state index is 0.241. The molecule has 0 saturated carbocycles. The summed E-state index contributed by atoms with van der Waals surface area (Å²) in [6.07, 6.45) is 1.93. The van der Waals surface area contributed by atoms with Crippen molar-refractivity contribution in [2.75, 3.05) is 40.3 Å². The molecule has 0 amide bonds. The highest BCUT2D eigenvalue weighted by molar-refractivity contribution is 4.98. The van der Waals surface area contributed by atoms with Crippen molar-refractivity contribution in [1.29, 1.82) is 0 Å². The van der Waals surface area contributed by atoms with Crippen molar-refractivity contribution >= 4 is 0 Å². The molecule has 1 aliphatic rings. The normalized spacial score (nSPS) is 23.1. The standard InChI is InChI=1S/C14H27N5O/c1-5-6-15-11(2)9-13-16-14(17-20-13)12-10-18(3)7-8-19(12)4/h11-12,15H,5-10H2,1-4H3. The summed E-state index contributed by atoms with van der Waals surface area (Å²) in [4.78, 5) is 9.19. The van der Waals surface area contributed by atoms with E-state index in [0.29, 0.717) is 6.04 Å². The second kappa shape index (κ2) is 7.15. The first-order valence-corrected chi connectivity index (χ1v) is 7.54. The molecule has 0 bridgehead atoms. The molecule has 6 nitrogen and oxygen atoms in total. The van der Waals surface area contributed by atoms with Crippen LogP contribution in [0.4, 0.5) is 0 Å². The van der Waals surface area contributed by atoms with E-state index in [4.69, 9.17) is 4.52 Å². The zero-order valence-electron chi connectivity index (χ0n) is 13.1. The van der Waals surface area contributed by atoms with E-state index in [9.17, 15) is 0 Å². The maximum atomic E-state index is 5.41. The van der Waals surface area contributed by atoms with E-state index in [1.54, 1.807) is 0 Å². The van der Waals surface area contributed by atoms with Crippen LogP contribution in [0.5, 0.6) is 0 Å². The van der Waals surface area contributed by atoms with E-state index in [0.717, 1.165) is 50.7 Å². The average molecular weight is 281 g/mol. The minimum Gasteiger partial charge on any atom is -0.339 e. The molecule has 2 heterocycles. The van der Waals surface area contributed by atoms with Gasteiger partial charge in [-0.1, -0.05) is 12.1 Å². The second-order valence-corrected chi connectivity index (χ2v) is 5.86. The van der Waals surface area contributed by atoms with Crippen LogP contribution in [0.25, 0.3) is 0 Å². The molecule has 2 atom stereocenters. The number of likely N-dealkylation sites (N-methyl/N-ethyl adjacent to an activating group) is 2. The minimum atomic E-state index is 0.241. The maximum Gasteiger partial charge on any atom is 0.228 e. The number of nitrogens with zero attached hydrogens (tertiary/aromatic N) is 4. The largest absolute Gasteiger partial charge is 0.339 e. The lowest BCUT2D eigenvalue weighted by Crippen LogP contribution is -2.45. The van der Waals surface area contributed by atoms with Gasteiger partial charge in [0.25, 0.3) is 0 Å². The van der Waals surface area contributed by atoms with Crippen molar-refractivity contribution in [1.82, 2.24) is 25.3 Å². The van der Waals surface area contributed by atoms with Crippen LogP contribution in [-0.2, 0) is 6.42 Å². The number of hydrogen-bond donors (Lipinski definition) is 1. The fraction of sp³-hybridized carbons (Fsp3) is 0.857. The predicted molar refractivity (Wildman–Crippen MR) is 78.6 cm³/mol. The molecule has 114 valence electrons. The topological polar surface area (TPSA) is 57.4 Å². The van der Waals surface area contributed by atoms with Gasteiger partial charge in [0.2, 0.25) is 5.89 Å². The Morgan fingerprint density at radius 1 is 1.40 bits per heavy atom. The summed E-state index contributed by atoms with van der Waals surface area (Å²) in [6, 6.07) is 0.611. The van der Waals surface area contributed by atoms with Crippen molar-refractivity contribution in [2.45, 2.75) is 38.8 Å². The summed E-state index contributed by atoms with van der Waals surface area (Å²) in [6.45, 7) is 8.44. The molecule has 1 aromatic heterocycles. The summed E-state index contributed by atoms with van der Waals surface area (Å²) in [7, 11) is 4.26. The molecular formula is C14H27N5O. The van der Waals surface area contributed by atoms with Crippen molar-refractivity contribution in [3.8, 4) is 0 Å². The van der Waals surface area contributed by atoms with Crippen LogP contribution in [0.2, 0.25) is 0 Å². The Labute approximate surface area is 121 Å². The van der Waals surface area contributed by atoms with Crippen molar-refractivity contribution in [2.24, 2.45) is 0 Å². The van der Waals surface area contributed by atoms with E-state index in [1.807, 2.05) is 0 Å². The number of hydrogen-bond acceptors (Lipinski definition) is 6. The summed E-state index contributed by atoms with van der Waals surface area (Å²) in [5.74, 6) is 1.55. The molecule has 2 rings (SSSR count). The second-order valence-electron chi connectivity index (χ2n) is 5.86. The van der Waals surface area contributed by atoms with Gasteiger partial charge in [0.1, 0.15) is 0 Å². The van der Waals surface area contributed by atoms with Gasteiger partial charge in [-0.05, 0) is 34.0 Å². The highest BCUT2D eigenvalue weighted by atomic mass is 16.5. The first kappa shape index (κ1) is 15.4. The van der Waals surface area contributed by atoms with E-state index in [-0.39, 0.29) is 6.04 Å². The molecule has 0 aliphatic carbocycles. The van der Waals surface area contributed by atoms with Gasteiger partial charge in [-0.2, -0.15) is 4.98 Å². The highest BCUT2D eigenvalue weighted by Crippen LogP contribution is 2.20. The predicted octanol–water partition coefficient (Wildman–Crippen LogP) is 0.919. The van der Waals surface area contributed by atoms with E-state index in [1.165, 1.54) is 0 Å². The van der Waals surface area contributed by atoms with Gasteiger partial charge in [0.05, 0.1) is 6.04 Å². The summed E-state index contributed by atoms with van der Waals surface area (Å²) < 4.78 is 5.41. The first-order chi connectivity index (χ1) is 9.60. The zero-order valence-corrected chi connectivity index (χ0v) is 13.1. The Hall–Kier alpha value is -0.980. The number of rotatable bonds is 6. The smallest absolute Gasteiger partial charge is 0.228 e. The van der Waals surface area contributed by atoms with Crippen LogP contribution in [-0.4, -0.2) is 66.3 Å². The fourth-order valence-corrected chi connectivity index (χ4v) is 2.50. The number of piperazine rings is 1. The summed E-state index contributed by atoms with van der Waals surface area (Å²) >= 11 is 0. The third kappa shape index (κ3) is 4.01. The molecule has 1 fully saturated rings. The number of aromatic nitrogens is 2. The van der Waals surface area contributed by atoms with Gasteiger partial charge in [0.15, 0.2) is 5.82 Å². The Kier molecular flexibility index (Phi) is 5.51. The maximum absolute atomic E-state index is 5.41. The van der Waals surface area contributed by atoms with Gasteiger partial charge in [0, 0.05) is 32.1 Å². The Bertz CT molecular complexity index is 408. The SMILES string of the molecule is CCCNC(C)Cc1nc(C2CN(C)CCN2C)no1. The van der Waals surface area contributed by atoms with Gasteiger partial charge in [-0.3, -0.25) is 4.90 Å². The molecule has 0 radical (unpaired) electrons. The molecule has 0 aromatic carbocycles. The van der Waals surface area contributed by atoms with Crippen molar-refractivity contribution < 1.29 is 4.52 Å². The van der Waals surface area contributed by atoms with Crippen LogP contribution < -0.4 is 5.32 Å². The Morgan fingerprint density at radius 2 is 2.20 bits per heavy atom. The molecular weight excluding hydrogens is 254 g/mol. The lowest BCUT2D eigenvalue weighted by Gasteiger charge is -2.35. The van der Waals surface area contributed by atoms with Crippen LogP contribution in [0.15, 0.2) is 4.52 Å². The lowest BCUT2D eigenvalue weighted by atomic mass is 10.2. The van der Waals surface area contributed by atoms with Crippen LogP contribution in [0.1, 0.15) is 38.0 Å². The molecule has 1 aromatic rings. The molecule has 0 spiro atoms. The molecule has 6 heteroatoms. The van der Waals surface area contributed by atoms with Crippen molar-refractivity contribution in [3.63, 3.8) is 0 Å². The molecule has 1 aliphatic heterocycles. The fourth-order valence-electron chi connectivity index (χ4n) is 2.50. The molecule has 20 heavy (non-hydrogen) atoms. The van der Waals surface area contributed by atoms with Gasteiger partial charge >= 0.3 is 0 Å². The first-order valence-electron chi connectivity index (χ1n) is 7.54.